The summed E-state index contributed by atoms with van der Waals surface area (Å²) >= 11 is 6.12. The van der Waals surface area contributed by atoms with Crippen LogP contribution in [-0.2, 0) is 0 Å². The van der Waals surface area contributed by atoms with Crippen molar-refractivity contribution in [1.29, 1.82) is 0 Å². The lowest BCUT2D eigenvalue weighted by atomic mass is 10.0. The van der Waals surface area contributed by atoms with Gasteiger partial charge in [0.05, 0.1) is 10.4 Å². The third-order valence-electron chi connectivity index (χ3n) is 3.00. The van der Waals surface area contributed by atoms with Gasteiger partial charge in [0.1, 0.15) is 5.69 Å². The van der Waals surface area contributed by atoms with Crippen LogP contribution < -0.4 is 0 Å². The van der Waals surface area contributed by atoms with Crippen LogP contribution in [0.25, 0.3) is 11.0 Å². The first-order valence-corrected chi connectivity index (χ1v) is 6.15. The van der Waals surface area contributed by atoms with E-state index in [0.717, 1.165) is 5.56 Å². The first-order valence-electron chi connectivity index (χ1n) is 5.77. The van der Waals surface area contributed by atoms with Crippen LogP contribution in [0.2, 0.25) is 5.02 Å². The molecule has 1 N–H and O–H groups in total. The van der Waals surface area contributed by atoms with Crippen LogP contribution in [0.5, 0.6) is 0 Å². The van der Waals surface area contributed by atoms with E-state index in [0.29, 0.717) is 27.3 Å². The van der Waals surface area contributed by atoms with Gasteiger partial charge in [-0.2, -0.15) is 5.10 Å². The summed E-state index contributed by atoms with van der Waals surface area (Å²) in [6, 6.07) is 8.96. The van der Waals surface area contributed by atoms with E-state index < -0.39 is 0 Å². The number of nitrogens with one attached hydrogen (secondary N) is 1. The number of aromatic amines is 1. The number of rotatable bonds is 2. The van der Waals surface area contributed by atoms with Crippen molar-refractivity contribution in [3.63, 3.8) is 0 Å². The predicted octanol–water partition coefficient (Wildman–Crippen LogP) is 3.15. The molecule has 0 radical (unpaired) electrons. The number of pyridine rings is 1. The zero-order valence-corrected chi connectivity index (χ0v) is 10.9. The third-order valence-corrected chi connectivity index (χ3v) is 3.32. The molecular weight excluding hydrogens is 262 g/mol. The lowest BCUT2D eigenvalue weighted by molar-refractivity contribution is 0.103. The number of benzene rings is 1. The van der Waals surface area contributed by atoms with Crippen molar-refractivity contribution in [3.05, 3.63) is 58.4 Å². The summed E-state index contributed by atoms with van der Waals surface area (Å²) in [5.41, 5.74) is 2.26. The lowest BCUT2D eigenvalue weighted by Gasteiger charge is -2.05. The van der Waals surface area contributed by atoms with Gasteiger partial charge < -0.3 is 0 Å². The van der Waals surface area contributed by atoms with Gasteiger partial charge in [0.2, 0.25) is 5.78 Å². The van der Waals surface area contributed by atoms with E-state index in [1.807, 2.05) is 25.1 Å². The Balaban J connectivity index is 2.20. The number of carbonyl (C=O) groups excluding carboxylic acids is 1. The third kappa shape index (κ3) is 1.90. The van der Waals surface area contributed by atoms with Gasteiger partial charge in [0, 0.05) is 11.8 Å². The van der Waals surface area contributed by atoms with Gasteiger partial charge in [-0.15, -0.1) is 0 Å². The van der Waals surface area contributed by atoms with E-state index in [9.17, 15) is 4.79 Å². The van der Waals surface area contributed by atoms with E-state index >= 15 is 0 Å². The molecule has 5 heteroatoms. The van der Waals surface area contributed by atoms with Crippen LogP contribution in [0.1, 0.15) is 21.6 Å². The van der Waals surface area contributed by atoms with Crippen molar-refractivity contribution in [2.75, 3.05) is 0 Å². The molecule has 0 aliphatic heterocycles. The summed E-state index contributed by atoms with van der Waals surface area (Å²) in [4.78, 5) is 16.7. The smallest absolute Gasteiger partial charge is 0.215 e. The molecular formula is C14H10ClN3O. The summed E-state index contributed by atoms with van der Waals surface area (Å²) in [5, 5.41) is 7.95. The quantitative estimate of drug-likeness (QED) is 0.729. The number of aryl methyl sites for hydroxylation is 1. The Morgan fingerprint density at radius 2 is 2.11 bits per heavy atom. The van der Waals surface area contributed by atoms with Crippen LogP contribution in [0, 0.1) is 6.92 Å². The number of ketones is 1. The van der Waals surface area contributed by atoms with Crippen LogP contribution in [-0.4, -0.2) is 21.0 Å². The highest BCUT2D eigenvalue weighted by Gasteiger charge is 2.20. The minimum atomic E-state index is -0.192. The van der Waals surface area contributed by atoms with Gasteiger partial charge in [0.25, 0.3) is 0 Å². The van der Waals surface area contributed by atoms with E-state index in [-0.39, 0.29) is 5.78 Å². The van der Waals surface area contributed by atoms with Gasteiger partial charge in [-0.3, -0.25) is 9.89 Å². The Labute approximate surface area is 114 Å². The van der Waals surface area contributed by atoms with Crippen LogP contribution in [0.15, 0.2) is 36.5 Å². The second kappa shape index (κ2) is 4.48. The molecule has 19 heavy (non-hydrogen) atoms. The summed E-state index contributed by atoms with van der Waals surface area (Å²) in [5.74, 6) is -0.192. The number of fused-ring (bicyclic) bond motifs is 1. The average molecular weight is 272 g/mol. The predicted molar refractivity (Wildman–Crippen MR) is 73.5 cm³/mol. The van der Waals surface area contributed by atoms with Gasteiger partial charge in [0.15, 0.2) is 5.65 Å². The van der Waals surface area contributed by atoms with E-state index in [4.69, 9.17) is 11.6 Å². The molecule has 2 heterocycles. The largest absolute Gasteiger partial charge is 0.287 e. The van der Waals surface area contributed by atoms with Crippen molar-refractivity contribution in [2.45, 2.75) is 6.92 Å². The first kappa shape index (κ1) is 11.9. The fraction of sp³-hybridized carbons (Fsp3) is 0.0714. The molecule has 2 aromatic heterocycles. The summed E-state index contributed by atoms with van der Waals surface area (Å²) in [7, 11) is 0. The molecule has 94 valence electrons. The molecule has 0 bridgehead atoms. The van der Waals surface area contributed by atoms with Crippen molar-refractivity contribution in [2.24, 2.45) is 0 Å². The number of H-pyrrole nitrogens is 1. The van der Waals surface area contributed by atoms with E-state index in [1.54, 1.807) is 18.3 Å². The molecule has 0 spiro atoms. The SMILES string of the molecule is Cc1cccc(Cl)c1C(=O)c1n[nH]c2ncccc12. The number of aromatic nitrogens is 3. The molecule has 0 saturated carbocycles. The number of hydrogen-bond acceptors (Lipinski definition) is 3. The molecule has 4 nitrogen and oxygen atoms in total. The maximum absolute atomic E-state index is 12.6. The van der Waals surface area contributed by atoms with Crippen molar-refractivity contribution in [3.8, 4) is 0 Å². The zero-order chi connectivity index (χ0) is 13.4. The molecule has 3 aromatic rings. The van der Waals surface area contributed by atoms with Crippen LogP contribution in [0.4, 0.5) is 0 Å². The fourth-order valence-electron chi connectivity index (χ4n) is 2.07. The molecule has 0 saturated heterocycles. The minimum absolute atomic E-state index is 0.192. The zero-order valence-electron chi connectivity index (χ0n) is 10.1. The molecule has 0 aliphatic rings. The molecule has 0 fully saturated rings. The topological polar surface area (TPSA) is 58.6 Å². The second-order valence-corrected chi connectivity index (χ2v) is 4.64. The number of carbonyl (C=O) groups is 1. The van der Waals surface area contributed by atoms with Crippen LogP contribution in [0.3, 0.4) is 0 Å². The van der Waals surface area contributed by atoms with E-state index in [1.165, 1.54) is 0 Å². The summed E-state index contributed by atoms with van der Waals surface area (Å²) in [6.45, 7) is 1.85. The Morgan fingerprint density at radius 1 is 1.26 bits per heavy atom. The first-order chi connectivity index (χ1) is 9.18. The molecule has 1 aromatic carbocycles. The Kier molecular flexibility index (Phi) is 2.80. The normalized spacial score (nSPS) is 10.8. The maximum Gasteiger partial charge on any atom is 0.215 e. The highest BCUT2D eigenvalue weighted by Crippen LogP contribution is 2.24. The molecule has 3 rings (SSSR count). The summed E-state index contributed by atoms with van der Waals surface area (Å²) in [6.07, 6.45) is 1.65. The highest BCUT2D eigenvalue weighted by molar-refractivity contribution is 6.35. The lowest BCUT2D eigenvalue weighted by Crippen LogP contribution is -2.05. The number of hydrogen-bond donors (Lipinski definition) is 1. The minimum Gasteiger partial charge on any atom is -0.287 e. The molecule has 0 amide bonds. The highest BCUT2D eigenvalue weighted by atomic mass is 35.5. The van der Waals surface area contributed by atoms with Crippen molar-refractivity contribution in [1.82, 2.24) is 15.2 Å². The van der Waals surface area contributed by atoms with Gasteiger partial charge in [-0.25, -0.2) is 4.98 Å². The molecule has 0 aliphatic carbocycles. The summed E-state index contributed by atoms with van der Waals surface area (Å²) < 4.78 is 0. The fourth-order valence-corrected chi connectivity index (χ4v) is 2.37. The van der Waals surface area contributed by atoms with Gasteiger partial charge in [-0.05, 0) is 30.7 Å². The van der Waals surface area contributed by atoms with Gasteiger partial charge >= 0.3 is 0 Å². The Hall–Kier alpha value is -2.20. The van der Waals surface area contributed by atoms with Crippen LogP contribution >= 0.6 is 11.6 Å². The van der Waals surface area contributed by atoms with E-state index in [2.05, 4.69) is 15.2 Å². The molecule has 0 atom stereocenters. The van der Waals surface area contributed by atoms with Crippen molar-refractivity contribution >= 4 is 28.4 Å². The van der Waals surface area contributed by atoms with Crippen molar-refractivity contribution < 1.29 is 4.79 Å². The maximum atomic E-state index is 12.6. The Morgan fingerprint density at radius 3 is 2.89 bits per heavy atom. The standard InChI is InChI=1S/C14H10ClN3O/c1-8-4-2-6-10(15)11(8)13(19)12-9-5-3-7-16-14(9)18-17-12/h2-7H,1H3,(H,16,17,18). The molecule has 0 unspecified atom stereocenters. The average Bonchev–Trinajstić information content (AvgIpc) is 2.82. The second-order valence-electron chi connectivity index (χ2n) is 4.23. The number of nitrogens with zero attached hydrogens (tertiary/aromatic N) is 2. The number of halogens is 1. The Bertz CT molecular complexity index is 759. The monoisotopic (exact) mass is 271 g/mol. The van der Waals surface area contributed by atoms with Gasteiger partial charge in [-0.1, -0.05) is 23.7 Å².